The molecule has 98 valence electrons. The zero-order valence-corrected chi connectivity index (χ0v) is 10.7. The molecule has 0 saturated heterocycles. The van der Waals surface area contributed by atoms with Gasteiger partial charge in [-0.2, -0.15) is 0 Å². The largest absolute Gasteiger partial charge is 0.484 e. The van der Waals surface area contributed by atoms with Crippen molar-refractivity contribution in [2.45, 2.75) is 19.9 Å². The van der Waals surface area contributed by atoms with E-state index in [1.54, 1.807) is 0 Å². The molecular formula is C14H20N2O2. The number of hydrogen-bond acceptors (Lipinski definition) is 3. The van der Waals surface area contributed by atoms with Gasteiger partial charge in [0, 0.05) is 6.54 Å². The second-order valence-corrected chi connectivity index (χ2v) is 3.93. The first-order valence-corrected chi connectivity index (χ1v) is 6.04. The van der Waals surface area contributed by atoms with Crippen molar-refractivity contribution in [1.29, 1.82) is 0 Å². The van der Waals surface area contributed by atoms with Crippen LogP contribution in [0, 0.1) is 0 Å². The van der Waals surface area contributed by atoms with Gasteiger partial charge < -0.3 is 15.8 Å². The summed E-state index contributed by atoms with van der Waals surface area (Å²) in [6.07, 6.45) is 5.22. The first-order valence-electron chi connectivity index (χ1n) is 6.04. The maximum atomic E-state index is 10.5. The van der Waals surface area contributed by atoms with Crippen molar-refractivity contribution in [3.8, 4) is 5.75 Å². The molecule has 0 aromatic heterocycles. The van der Waals surface area contributed by atoms with Gasteiger partial charge in [0.15, 0.2) is 6.61 Å². The van der Waals surface area contributed by atoms with Gasteiger partial charge in [0.05, 0.1) is 0 Å². The average molecular weight is 248 g/mol. The molecule has 0 radical (unpaired) electrons. The fourth-order valence-electron chi connectivity index (χ4n) is 1.44. The summed E-state index contributed by atoms with van der Waals surface area (Å²) in [6, 6.07) is 7.62. The summed E-state index contributed by atoms with van der Waals surface area (Å²) in [5.74, 6) is 0.191. The highest BCUT2D eigenvalue weighted by molar-refractivity contribution is 5.75. The van der Waals surface area contributed by atoms with Gasteiger partial charge in [-0.3, -0.25) is 4.79 Å². The lowest BCUT2D eigenvalue weighted by molar-refractivity contribution is -0.119. The van der Waals surface area contributed by atoms with Crippen molar-refractivity contribution < 1.29 is 9.53 Å². The van der Waals surface area contributed by atoms with Crippen LogP contribution >= 0.6 is 0 Å². The molecule has 0 fully saturated rings. The van der Waals surface area contributed by atoms with Crippen LogP contribution in [-0.4, -0.2) is 19.1 Å². The summed E-state index contributed by atoms with van der Waals surface area (Å²) in [4.78, 5) is 10.5. The number of amides is 1. The number of carbonyl (C=O) groups is 1. The topological polar surface area (TPSA) is 64.3 Å². The molecule has 0 heterocycles. The Hall–Kier alpha value is -1.81. The van der Waals surface area contributed by atoms with Crippen molar-refractivity contribution in [1.82, 2.24) is 5.32 Å². The van der Waals surface area contributed by atoms with Gasteiger partial charge in [0.2, 0.25) is 0 Å². The normalized spacial score (nSPS) is 10.7. The lowest BCUT2D eigenvalue weighted by Crippen LogP contribution is -2.20. The van der Waals surface area contributed by atoms with Gasteiger partial charge in [-0.1, -0.05) is 24.3 Å². The highest BCUT2D eigenvalue weighted by Crippen LogP contribution is 2.11. The van der Waals surface area contributed by atoms with Gasteiger partial charge in [-0.25, -0.2) is 0 Å². The minimum atomic E-state index is -0.468. The number of rotatable bonds is 8. The molecule has 0 aliphatic rings. The van der Waals surface area contributed by atoms with Crippen molar-refractivity contribution in [2.75, 3.05) is 13.2 Å². The van der Waals surface area contributed by atoms with Gasteiger partial charge in [-0.05, 0) is 37.6 Å². The summed E-state index contributed by atoms with van der Waals surface area (Å²) >= 11 is 0. The quantitative estimate of drug-likeness (QED) is 0.542. The Morgan fingerprint density at radius 1 is 1.39 bits per heavy atom. The molecule has 0 aliphatic heterocycles. The maximum Gasteiger partial charge on any atom is 0.255 e. The van der Waals surface area contributed by atoms with E-state index >= 15 is 0 Å². The van der Waals surface area contributed by atoms with Crippen LogP contribution in [0.2, 0.25) is 0 Å². The molecule has 0 saturated carbocycles. The monoisotopic (exact) mass is 248 g/mol. The zero-order chi connectivity index (χ0) is 13.2. The minimum Gasteiger partial charge on any atom is -0.484 e. The van der Waals surface area contributed by atoms with Crippen LogP contribution in [0.5, 0.6) is 5.75 Å². The van der Waals surface area contributed by atoms with E-state index in [1.807, 2.05) is 37.3 Å². The number of allylic oxidation sites excluding steroid dienone is 1. The zero-order valence-electron chi connectivity index (χ0n) is 10.7. The fourth-order valence-corrected chi connectivity index (χ4v) is 1.44. The van der Waals surface area contributed by atoms with E-state index in [2.05, 4.69) is 11.4 Å². The fraction of sp³-hybridized carbons (Fsp3) is 0.357. The summed E-state index contributed by atoms with van der Waals surface area (Å²) in [6.45, 7) is 3.73. The smallest absolute Gasteiger partial charge is 0.255 e. The minimum absolute atomic E-state index is 0.0824. The molecule has 1 rings (SSSR count). The van der Waals surface area contributed by atoms with E-state index in [-0.39, 0.29) is 6.61 Å². The van der Waals surface area contributed by atoms with Gasteiger partial charge in [0.25, 0.3) is 5.91 Å². The van der Waals surface area contributed by atoms with Gasteiger partial charge in [-0.15, -0.1) is 0 Å². The molecule has 1 amide bonds. The van der Waals surface area contributed by atoms with E-state index in [0.717, 1.165) is 19.5 Å². The van der Waals surface area contributed by atoms with Gasteiger partial charge >= 0.3 is 0 Å². The summed E-state index contributed by atoms with van der Waals surface area (Å²) < 4.78 is 5.18. The molecule has 0 bridgehead atoms. The van der Waals surface area contributed by atoms with E-state index in [4.69, 9.17) is 10.5 Å². The number of nitrogens with one attached hydrogen (secondary N) is 1. The molecule has 0 unspecified atom stereocenters. The van der Waals surface area contributed by atoms with Crippen LogP contribution in [-0.2, 0) is 11.3 Å². The van der Waals surface area contributed by atoms with Crippen molar-refractivity contribution in [3.63, 3.8) is 0 Å². The number of hydrogen-bond donors (Lipinski definition) is 2. The lowest BCUT2D eigenvalue weighted by Gasteiger charge is -2.06. The first kappa shape index (κ1) is 14.3. The van der Waals surface area contributed by atoms with Crippen molar-refractivity contribution >= 4 is 5.91 Å². The molecule has 0 aliphatic carbocycles. The van der Waals surface area contributed by atoms with E-state index in [1.165, 1.54) is 5.56 Å². The summed E-state index contributed by atoms with van der Waals surface area (Å²) in [5, 5.41) is 3.34. The van der Waals surface area contributed by atoms with E-state index in [0.29, 0.717) is 5.75 Å². The molecular weight excluding hydrogens is 228 g/mol. The third-order valence-corrected chi connectivity index (χ3v) is 2.36. The summed E-state index contributed by atoms with van der Waals surface area (Å²) in [5.41, 5.74) is 6.18. The van der Waals surface area contributed by atoms with Crippen LogP contribution < -0.4 is 15.8 Å². The lowest BCUT2D eigenvalue weighted by atomic mass is 10.2. The Morgan fingerprint density at radius 3 is 2.72 bits per heavy atom. The molecule has 4 heteroatoms. The summed E-state index contributed by atoms with van der Waals surface area (Å²) in [7, 11) is 0. The van der Waals surface area contributed by atoms with Crippen LogP contribution in [0.15, 0.2) is 36.4 Å². The molecule has 1 aromatic carbocycles. The Kier molecular flexibility index (Phi) is 6.58. The van der Waals surface area contributed by atoms with E-state index in [9.17, 15) is 4.79 Å². The molecule has 0 atom stereocenters. The molecule has 0 spiro atoms. The predicted octanol–water partition coefficient (Wildman–Crippen LogP) is 1.61. The highest BCUT2D eigenvalue weighted by atomic mass is 16.5. The Labute approximate surface area is 108 Å². The predicted molar refractivity (Wildman–Crippen MR) is 72.3 cm³/mol. The number of primary amides is 1. The van der Waals surface area contributed by atoms with Crippen LogP contribution in [0.1, 0.15) is 18.9 Å². The number of carbonyl (C=O) groups excluding carboxylic acids is 1. The number of ether oxygens (including phenoxy) is 1. The third-order valence-electron chi connectivity index (χ3n) is 2.36. The number of benzene rings is 1. The second kappa shape index (κ2) is 8.31. The van der Waals surface area contributed by atoms with Crippen LogP contribution in [0.25, 0.3) is 0 Å². The van der Waals surface area contributed by atoms with Gasteiger partial charge in [0.1, 0.15) is 5.75 Å². The van der Waals surface area contributed by atoms with Crippen LogP contribution in [0.3, 0.4) is 0 Å². The number of nitrogens with two attached hydrogens (primary N) is 1. The average Bonchev–Trinajstić information content (AvgIpc) is 2.37. The van der Waals surface area contributed by atoms with E-state index < -0.39 is 5.91 Å². The third kappa shape index (κ3) is 6.06. The van der Waals surface area contributed by atoms with Crippen LogP contribution in [0.4, 0.5) is 0 Å². The SMILES string of the molecule is C/C=C/CCNCc1ccc(OCC(N)=O)cc1. The standard InChI is InChI=1S/C14H20N2O2/c1-2-3-4-9-16-10-12-5-7-13(8-6-12)18-11-14(15)17/h2-3,5-8,16H,4,9-11H2,1H3,(H2,15,17)/b3-2+. The Balaban J connectivity index is 2.29. The first-order chi connectivity index (χ1) is 8.72. The van der Waals surface area contributed by atoms with Crippen molar-refractivity contribution in [3.05, 3.63) is 42.0 Å². The maximum absolute atomic E-state index is 10.5. The molecule has 3 N–H and O–H groups in total. The Morgan fingerprint density at radius 2 is 2.11 bits per heavy atom. The Bertz CT molecular complexity index is 385. The molecule has 18 heavy (non-hydrogen) atoms. The second-order valence-electron chi connectivity index (χ2n) is 3.93. The molecule has 4 nitrogen and oxygen atoms in total. The highest BCUT2D eigenvalue weighted by Gasteiger charge is 1.98. The van der Waals surface area contributed by atoms with Crippen molar-refractivity contribution in [2.24, 2.45) is 5.73 Å². The molecule has 1 aromatic rings.